The van der Waals surface area contributed by atoms with E-state index < -0.39 is 5.97 Å². The van der Waals surface area contributed by atoms with Gasteiger partial charge in [-0.25, -0.2) is 0 Å². The second kappa shape index (κ2) is 7.78. The molecule has 21 heavy (non-hydrogen) atoms. The highest BCUT2D eigenvalue weighted by molar-refractivity contribution is 5.79. The predicted molar refractivity (Wildman–Crippen MR) is 78.9 cm³/mol. The minimum Gasteiger partial charge on any atom is -0.481 e. The number of hydrogen-bond donors (Lipinski definition) is 1. The lowest BCUT2D eigenvalue weighted by atomic mass is 9.85. The quantitative estimate of drug-likeness (QED) is 0.844. The molecule has 2 aliphatic rings. The lowest BCUT2D eigenvalue weighted by molar-refractivity contribution is -0.140. The van der Waals surface area contributed by atoms with Crippen molar-refractivity contribution in [2.45, 2.75) is 45.4 Å². The zero-order chi connectivity index (χ0) is 15.2. The summed E-state index contributed by atoms with van der Waals surface area (Å²) in [5.41, 5.74) is 0. The van der Waals surface area contributed by atoms with Crippen molar-refractivity contribution in [3.05, 3.63) is 0 Å². The van der Waals surface area contributed by atoms with Crippen LogP contribution in [0.1, 0.15) is 45.4 Å². The number of amides is 1. The molecule has 1 N–H and O–H groups in total. The molecule has 0 saturated carbocycles. The van der Waals surface area contributed by atoms with Crippen molar-refractivity contribution in [3.8, 4) is 0 Å². The van der Waals surface area contributed by atoms with E-state index in [1.807, 2.05) is 11.8 Å². The number of carboxylic acids is 1. The summed E-state index contributed by atoms with van der Waals surface area (Å²) >= 11 is 0. The molecule has 0 radical (unpaired) electrons. The molecule has 0 spiro atoms. The van der Waals surface area contributed by atoms with Gasteiger partial charge in [0.1, 0.15) is 0 Å². The molecule has 2 heterocycles. The van der Waals surface area contributed by atoms with E-state index in [0.29, 0.717) is 18.3 Å². The summed E-state index contributed by atoms with van der Waals surface area (Å²) in [6.45, 7) is 5.14. The highest BCUT2D eigenvalue weighted by Gasteiger charge is 2.31. The van der Waals surface area contributed by atoms with E-state index in [2.05, 4.69) is 0 Å². The summed E-state index contributed by atoms with van der Waals surface area (Å²) < 4.78 is 5.37. The number of carbonyl (C=O) groups is 2. The molecule has 0 aromatic carbocycles. The van der Waals surface area contributed by atoms with Gasteiger partial charge in [-0.3, -0.25) is 9.59 Å². The Morgan fingerprint density at radius 1 is 1.29 bits per heavy atom. The largest absolute Gasteiger partial charge is 0.481 e. The Labute approximate surface area is 126 Å². The van der Waals surface area contributed by atoms with Gasteiger partial charge in [0, 0.05) is 38.6 Å². The van der Waals surface area contributed by atoms with E-state index in [9.17, 15) is 9.59 Å². The van der Waals surface area contributed by atoms with E-state index >= 15 is 0 Å². The number of carbonyl (C=O) groups excluding carboxylic acids is 1. The molecule has 0 bridgehead atoms. The van der Waals surface area contributed by atoms with Gasteiger partial charge in [-0.05, 0) is 43.9 Å². The summed E-state index contributed by atoms with van der Waals surface area (Å²) in [4.78, 5) is 25.3. The predicted octanol–water partition coefficient (Wildman–Crippen LogP) is 2.15. The van der Waals surface area contributed by atoms with Crippen molar-refractivity contribution in [1.82, 2.24) is 4.90 Å². The molecule has 2 saturated heterocycles. The zero-order valence-corrected chi connectivity index (χ0v) is 12.9. The average molecular weight is 297 g/mol. The summed E-state index contributed by atoms with van der Waals surface area (Å²) in [6, 6.07) is 0. The van der Waals surface area contributed by atoms with Crippen molar-refractivity contribution in [2.24, 2.45) is 17.8 Å². The van der Waals surface area contributed by atoms with Gasteiger partial charge in [-0.1, -0.05) is 6.92 Å². The van der Waals surface area contributed by atoms with Gasteiger partial charge in [-0.15, -0.1) is 0 Å². The van der Waals surface area contributed by atoms with Crippen LogP contribution >= 0.6 is 0 Å². The maximum absolute atomic E-state index is 12.6. The van der Waals surface area contributed by atoms with E-state index in [4.69, 9.17) is 9.84 Å². The lowest BCUT2D eigenvalue weighted by Gasteiger charge is -2.36. The SMILES string of the molecule is CC(C(=O)N1CCCC(CCC(=O)O)C1)C1CCOCC1. The first-order valence-electron chi connectivity index (χ1n) is 8.16. The Kier molecular flexibility index (Phi) is 6.03. The molecule has 120 valence electrons. The first-order chi connectivity index (χ1) is 10.1. The Bertz CT molecular complexity index is 365. The normalized spacial score (nSPS) is 25.6. The van der Waals surface area contributed by atoms with E-state index in [1.165, 1.54) is 0 Å². The molecule has 5 nitrogen and oxygen atoms in total. The molecule has 0 aromatic rings. The number of likely N-dealkylation sites (tertiary alicyclic amines) is 1. The van der Waals surface area contributed by atoms with E-state index in [1.54, 1.807) is 0 Å². The van der Waals surface area contributed by atoms with Crippen LogP contribution in [-0.2, 0) is 14.3 Å². The fraction of sp³-hybridized carbons (Fsp3) is 0.875. The third-order valence-electron chi connectivity index (χ3n) is 4.96. The fourth-order valence-corrected chi connectivity index (χ4v) is 3.53. The molecule has 1 amide bonds. The third-order valence-corrected chi connectivity index (χ3v) is 4.96. The van der Waals surface area contributed by atoms with Crippen molar-refractivity contribution in [3.63, 3.8) is 0 Å². The molecule has 2 rings (SSSR count). The second-order valence-corrected chi connectivity index (χ2v) is 6.46. The Hall–Kier alpha value is -1.10. The van der Waals surface area contributed by atoms with E-state index in [0.717, 1.165) is 52.0 Å². The van der Waals surface area contributed by atoms with Crippen LogP contribution in [0.15, 0.2) is 0 Å². The first-order valence-corrected chi connectivity index (χ1v) is 8.16. The van der Waals surface area contributed by atoms with Crippen molar-refractivity contribution in [2.75, 3.05) is 26.3 Å². The highest BCUT2D eigenvalue weighted by atomic mass is 16.5. The molecule has 0 aromatic heterocycles. The van der Waals surface area contributed by atoms with Gasteiger partial charge in [0.25, 0.3) is 0 Å². The number of aliphatic carboxylic acids is 1. The van der Waals surface area contributed by atoms with Gasteiger partial charge >= 0.3 is 5.97 Å². The number of piperidine rings is 1. The molecule has 2 fully saturated rings. The number of hydrogen-bond acceptors (Lipinski definition) is 3. The van der Waals surface area contributed by atoms with Crippen LogP contribution in [0, 0.1) is 17.8 Å². The minimum absolute atomic E-state index is 0.0622. The van der Waals surface area contributed by atoms with Gasteiger partial charge in [-0.2, -0.15) is 0 Å². The summed E-state index contributed by atoms with van der Waals surface area (Å²) in [5, 5.41) is 8.79. The van der Waals surface area contributed by atoms with Crippen molar-refractivity contribution >= 4 is 11.9 Å². The maximum Gasteiger partial charge on any atom is 0.303 e. The van der Waals surface area contributed by atoms with Gasteiger partial charge in [0.15, 0.2) is 0 Å². The number of rotatable bonds is 5. The molecule has 2 atom stereocenters. The van der Waals surface area contributed by atoms with Gasteiger partial charge in [0.05, 0.1) is 0 Å². The Balaban J connectivity index is 1.84. The van der Waals surface area contributed by atoms with Crippen LogP contribution in [-0.4, -0.2) is 48.2 Å². The lowest BCUT2D eigenvalue weighted by Crippen LogP contribution is -2.44. The minimum atomic E-state index is -0.742. The topological polar surface area (TPSA) is 66.8 Å². The molecular formula is C16H27NO4. The zero-order valence-electron chi connectivity index (χ0n) is 12.9. The van der Waals surface area contributed by atoms with Crippen LogP contribution in [0.4, 0.5) is 0 Å². The van der Waals surface area contributed by atoms with Gasteiger partial charge < -0.3 is 14.7 Å². The molecule has 2 aliphatic heterocycles. The smallest absolute Gasteiger partial charge is 0.303 e. The highest BCUT2D eigenvalue weighted by Crippen LogP contribution is 2.28. The second-order valence-electron chi connectivity index (χ2n) is 6.46. The van der Waals surface area contributed by atoms with E-state index in [-0.39, 0.29) is 18.2 Å². The van der Waals surface area contributed by atoms with Crippen LogP contribution in [0.5, 0.6) is 0 Å². The summed E-state index contributed by atoms with van der Waals surface area (Å²) in [5.74, 6) is 0.356. The fourth-order valence-electron chi connectivity index (χ4n) is 3.53. The molecular weight excluding hydrogens is 270 g/mol. The summed E-state index contributed by atoms with van der Waals surface area (Å²) in [6.07, 6.45) is 4.89. The third kappa shape index (κ3) is 4.70. The molecule has 5 heteroatoms. The summed E-state index contributed by atoms with van der Waals surface area (Å²) in [7, 11) is 0. The Morgan fingerprint density at radius 3 is 2.67 bits per heavy atom. The van der Waals surface area contributed by atoms with Crippen LogP contribution in [0.25, 0.3) is 0 Å². The standard InChI is InChI=1S/C16H27NO4/c1-12(14-6-9-21-10-7-14)16(20)17-8-2-3-13(11-17)4-5-15(18)19/h12-14H,2-11H2,1H3,(H,18,19). The molecule has 2 unspecified atom stereocenters. The van der Waals surface area contributed by atoms with Crippen molar-refractivity contribution in [1.29, 1.82) is 0 Å². The Morgan fingerprint density at radius 2 is 2.00 bits per heavy atom. The monoisotopic (exact) mass is 297 g/mol. The maximum atomic E-state index is 12.6. The number of carboxylic acid groups (broad SMARTS) is 1. The van der Waals surface area contributed by atoms with Crippen molar-refractivity contribution < 1.29 is 19.4 Å². The van der Waals surface area contributed by atoms with Crippen LogP contribution in [0.2, 0.25) is 0 Å². The number of nitrogens with zero attached hydrogens (tertiary/aromatic N) is 1. The van der Waals surface area contributed by atoms with Crippen LogP contribution < -0.4 is 0 Å². The molecule has 0 aliphatic carbocycles. The van der Waals surface area contributed by atoms with Crippen LogP contribution in [0.3, 0.4) is 0 Å². The van der Waals surface area contributed by atoms with Gasteiger partial charge in [0.2, 0.25) is 5.91 Å². The number of ether oxygens (including phenoxy) is 1. The first kappa shape index (κ1) is 16.3. The average Bonchev–Trinajstić information content (AvgIpc) is 2.52.